The lowest BCUT2D eigenvalue weighted by Crippen LogP contribution is -2.76. The van der Waals surface area contributed by atoms with Crippen molar-refractivity contribution in [2.45, 2.75) is 48.3 Å². The second kappa shape index (κ2) is 7.08. The van der Waals surface area contributed by atoms with Gasteiger partial charge in [-0.2, -0.15) is 0 Å². The molecule has 0 unspecified atom stereocenters. The van der Waals surface area contributed by atoms with Gasteiger partial charge in [0, 0.05) is 30.1 Å². The van der Waals surface area contributed by atoms with Gasteiger partial charge < -0.3 is 15.5 Å². The molecule has 11 heteroatoms. The first-order valence-corrected chi connectivity index (χ1v) is 11.3. The van der Waals surface area contributed by atoms with Crippen LogP contribution in [0, 0.1) is 17.0 Å². The first-order chi connectivity index (χ1) is 16.5. The van der Waals surface area contributed by atoms with Crippen molar-refractivity contribution in [3.05, 3.63) is 77.1 Å². The van der Waals surface area contributed by atoms with Gasteiger partial charge in [0.15, 0.2) is 5.60 Å². The normalized spacial score (nSPS) is 28.4. The minimum atomic E-state index is -3.76. The predicted molar refractivity (Wildman–Crippen MR) is 114 cm³/mol. The van der Waals surface area contributed by atoms with E-state index >= 15 is 8.78 Å². The molecule has 1 saturated heterocycles. The van der Waals surface area contributed by atoms with Crippen LogP contribution in [0.15, 0.2) is 48.8 Å². The highest BCUT2D eigenvalue weighted by Gasteiger charge is 2.82. The smallest absolute Gasteiger partial charge is 0.287 e. The van der Waals surface area contributed by atoms with E-state index in [9.17, 15) is 19.0 Å². The lowest BCUT2D eigenvalue weighted by atomic mass is 9.30. The van der Waals surface area contributed by atoms with Crippen molar-refractivity contribution >= 4 is 0 Å². The number of benzene rings is 2. The molecule has 3 aliphatic carbocycles. The summed E-state index contributed by atoms with van der Waals surface area (Å²) in [6.07, 6.45) is 1.38. The molecule has 3 N–H and O–H groups in total. The van der Waals surface area contributed by atoms with E-state index in [2.05, 4.69) is 20.8 Å². The highest BCUT2D eigenvalue weighted by atomic mass is 19.3. The molecule has 2 heterocycles. The van der Waals surface area contributed by atoms with Gasteiger partial charge in [-0.15, -0.1) is 5.10 Å². The fourth-order valence-corrected chi connectivity index (χ4v) is 6.23. The second-order valence-corrected chi connectivity index (χ2v) is 10.4. The monoisotopic (exact) mass is 489 g/mol. The number of nitrogens with zero attached hydrogens (tertiary/aromatic N) is 4. The van der Waals surface area contributed by atoms with E-state index in [0.717, 1.165) is 34.3 Å². The fraction of sp³-hybridized carbons (Fsp3) is 0.458. The summed E-state index contributed by atoms with van der Waals surface area (Å²) in [5, 5.41) is 35.3. The Hall–Kier alpha value is -2.89. The number of halogens is 4. The lowest BCUT2D eigenvalue weighted by Gasteiger charge is -2.74. The summed E-state index contributed by atoms with van der Waals surface area (Å²) in [7, 11) is 0. The number of tetrazole rings is 1. The number of aliphatic hydroxyl groups is 2. The summed E-state index contributed by atoms with van der Waals surface area (Å²) in [6, 6.07) is 9.54. The molecule has 1 aromatic heterocycles. The standard InChI is InChI=1S/C24H23F4N5O2/c25-17-5-6-18(19(26)7-17)23(35,13-33-14-30-31-32-33)24(27,28)21-8-20(9-21,10-21)15-1-3-16(4-2-15)22(34)11-29-12-22/h1-7,14,29,34-35H,8-13H2/t20?,21?,23-/m0/s1. The van der Waals surface area contributed by atoms with E-state index in [-0.39, 0.29) is 19.3 Å². The molecule has 4 aliphatic rings. The zero-order valence-electron chi connectivity index (χ0n) is 18.6. The summed E-state index contributed by atoms with van der Waals surface area (Å²) < 4.78 is 61.6. The number of hydrogen-bond acceptors (Lipinski definition) is 6. The minimum Gasteiger partial charge on any atom is -0.382 e. The van der Waals surface area contributed by atoms with Crippen LogP contribution >= 0.6 is 0 Å². The Morgan fingerprint density at radius 2 is 1.66 bits per heavy atom. The van der Waals surface area contributed by atoms with E-state index in [4.69, 9.17) is 0 Å². The molecule has 4 fully saturated rings. The van der Waals surface area contributed by atoms with Gasteiger partial charge >= 0.3 is 0 Å². The highest BCUT2D eigenvalue weighted by Crippen LogP contribution is 2.80. The van der Waals surface area contributed by atoms with Crippen LogP contribution in [0.1, 0.15) is 36.0 Å². The molecule has 7 nitrogen and oxygen atoms in total. The van der Waals surface area contributed by atoms with E-state index in [1.165, 1.54) is 0 Å². The van der Waals surface area contributed by atoms with E-state index < -0.39 is 51.7 Å². The summed E-state index contributed by atoms with van der Waals surface area (Å²) in [5.74, 6) is -5.96. The number of aromatic nitrogens is 4. The van der Waals surface area contributed by atoms with Crippen LogP contribution in [0.5, 0.6) is 0 Å². The molecule has 184 valence electrons. The van der Waals surface area contributed by atoms with Crippen molar-refractivity contribution < 1.29 is 27.8 Å². The molecule has 0 radical (unpaired) electrons. The molecule has 35 heavy (non-hydrogen) atoms. The molecule has 7 rings (SSSR count). The Balaban J connectivity index is 1.30. The molecule has 2 aromatic carbocycles. The van der Waals surface area contributed by atoms with Crippen LogP contribution in [-0.4, -0.2) is 49.4 Å². The maximum atomic E-state index is 16.2. The quantitative estimate of drug-likeness (QED) is 0.441. The summed E-state index contributed by atoms with van der Waals surface area (Å²) in [5.41, 5.74) is -4.95. The van der Waals surface area contributed by atoms with Crippen molar-refractivity contribution in [2.24, 2.45) is 5.41 Å². The van der Waals surface area contributed by atoms with Crippen LogP contribution in [-0.2, 0) is 23.2 Å². The molecule has 0 spiro atoms. The number of rotatable bonds is 7. The van der Waals surface area contributed by atoms with Gasteiger partial charge in [0.25, 0.3) is 5.92 Å². The Bertz CT molecular complexity index is 1260. The first kappa shape index (κ1) is 22.6. The zero-order valence-corrected chi connectivity index (χ0v) is 18.6. The lowest BCUT2D eigenvalue weighted by molar-refractivity contribution is -0.347. The SMILES string of the molecule is OC1(c2ccc(C34CC(C(F)(F)[C@](O)(Cn5cnnn5)c5ccc(F)cc5F)(C3)C4)cc2)CNC1. The molecule has 3 saturated carbocycles. The van der Waals surface area contributed by atoms with Crippen LogP contribution in [0.2, 0.25) is 0 Å². The fourth-order valence-electron chi connectivity index (χ4n) is 6.23. The van der Waals surface area contributed by atoms with Crippen molar-refractivity contribution in [1.82, 2.24) is 25.5 Å². The minimum absolute atomic E-state index is 0.110. The van der Waals surface area contributed by atoms with Gasteiger partial charge in [-0.05, 0) is 58.4 Å². The van der Waals surface area contributed by atoms with Crippen LogP contribution in [0.25, 0.3) is 0 Å². The Kier molecular flexibility index (Phi) is 4.57. The van der Waals surface area contributed by atoms with Gasteiger partial charge in [-0.3, -0.25) is 0 Å². The number of hydrogen-bond donors (Lipinski definition) is 3. The Morgan fingerprint density at radius 1 is 1.00 bits per heavy atom. The van der Waals surface area contributed by atoms with E-state index in [0.29, 0.717) is 19.2 Å². The third-order valence-electron chi connectivity index (χ3n) is 8.24. The van der Waals surface area contributed by atoms with Gasteiger partial charge in [0.1, 0.15) is 23.6 Å². The van der Waals surface area contributed by atoms with Gasteiger partial charge in [-0.25, -0.2) is 22.2 Å². The predicted octanol–water partition coefficient (Wildman–Crippen LogP) is 2.39. The van der Waals surface area contributed by atoms with Gasteiger partial charge in [-0.1, -0.05) is 24.3 Å². The maximum Gasteiger partial charge on any atom is 0.287 e. The topological polar surface area (TPSA) is 96.1 Å². The number of β-amino-alcohol motifs (C(OH)–C–C–N with tert-alkyl or cyclic N) is 1. The third kappa shape index (κ3) is 2.98. The van der Waals surface area contributed by atoms with Gasteiger partial charge in [0.05, 0.1) is 6.54 Å². The highest BCUT2D eigenvalue weighted by molar-refractivity contribution is 5.44. The van der Waals surface area contributed by atoms with Crippen LogP contribution in [0.4, 0.5) is 17.6 Å². The number of alkyl halides is 2. The average Bonchev–Trinajstić information content (AvgIpc) is 3.23. The van der Waals surface area contributed by atoms with E-state index in [1.54, 1.807) is 0 Å². The van der Waals surface area contributed by atoms with Crippen molar-refractivity contribution in [3.63, 3.8) is 0 Å². The Morgan fingerprint density at radius 3 is 2.20 bits per heavy atom. The van der Waals surface area contributed by atoms with E-state index in [1.807, 2.05) is 24.3 Å². The second-order valence-electron chi connectivity index (χ2n) is 10.4. The van der Waals surface area contributed by atoms with Crippen LogP contribution in [0.3, 0.4) is 0 Å². The summed E-state index contributed by atoms with van der Waals surface area (Å²) >= 11 is 0. The number of nitrogens with one attached hydrogen (secondary N) is 1. The molecule has 2 bridgehead atoms. The molecular formula is C24H23F4N5O2. The summed E-state index contributed by atoms with van der Waals surface area (Å²) in [4.78, 5) is 0. The van der Waals surface area contributed by atoms with Crippen LogP contribution < -0.4 is 5.32 Å². The molecular weight excluding hydrogens is 466 g/mol. The van der Waals surface area contributed by atoms with Gasteiger partial charge in [0.2, 0.25) is 0 Å². The summed E-state index contributed by atoms with van der Waals surface area (Å²) in [6.45, 7) is 0.130. The largest absolute Gasteiger partial charge is 0.382 e. The first-order valence-electron chi connectivity index (χ1n) is 11.3. The molecule has 1 aliphatic heterocycles. The van der Waals surface area contributed by atoms with Crippen molar-refractivity contribution in [2.75, 3.05) is 13.1 Å². The van der Waals surface area contributed by atoms with Crippen molar-refractivity contribution in [3.8, 4) is 0 Å². The maximum absolute atomic E-state index is 16.2. The average molecular weight is 489 g/mol. The molecule has 1 atom stereocenters. The Labute approximate surface area is 197 Å². The molecule has 3 aromatic rings. The third-order valence-corrected chi connectivity index (χ3v) is 8.24. The zero-order chi connectivity index (χ0) is 24.7. The molecule has 0 amide bonds. The van der Waals surface area contributed by atoms with Crippen molar-refractivity contribution in [1.29, 1.82) is 0 Å².